The number of carbonyl (C=O) groups excluding carboxylic acids is 1. The van der Waals surface area contributed by atoms with Crippen molar-refractivity contribution >= 4 is 17.7 Å². The fourth-order valence-corrected chi connectivity index (χ4v) is 2.61. The van der Waals surface area contributed by atoms with Gasteiger partial charge < -0.3 is 14.8 Å². The molecule has 1 N–H and O–H groups in total. The summed E-state index contributed by atoms with van der Waals surface area (Å²) < 4.78 is 12.3. The lowest BCUT2D eigenvalue weighted by atomic mass is 10.1. The van der Waals surface area contributed by atoms with Crippen molar-refractivity contribution < 1.29 is 14.3 Å². The number of aromatic nitrogens is 2. The van der Waals surface area contributed by atoms with E-state index in [4.69, 9.17) is 9.47 Å². The van der Waals surface area contributed by atoms with Crippen molar-refractivity contribution in [3.63, 3.8) is 0 Å². The van der Waals surface area contributed by atoms with Gasteiger partial charge in [-0.15, -0.1) is 0 Å². The van der Waals surface area contributed by atoms with Gasteiger partial charge in [0.15, 0.2) is 11.5 Å². The molecule has 1 amide bonds. The Morgan fingerprint density at radius 1 is 1.11 bits per heavy atom. The van der Waals surface area contributed by atoms with Crippen LogP contribution in [0.1, 0.15) is 11.1 Å². The Labute approximate surface area is 158 Å². The van der Waals surface area contributed by atoms with E-state index in [-0.39, 0.29) is 5.91 Å². The first-order valence-electron chi connectivity index (χ1n) is 8.42. The number of aryl methyl sites for hydroxylation is 1. The van der Waals surface area contributed by atoms with Crippen LogP contribution < -0.4 is 14.8 Å². The minimum absolute atomic E-state index is 0.238. The molecule has 6 heteroatoms. The Hall–Kier alpha value is -3.54. The van der Waals surface area contributed by atoms with Gasteiger partial charge in [-0.25, -0.2) is 4.68 Å². The Balaban J connectivity index is 1.70. The molecule has 1 heterocycles. The normalized spacial score (nSPS) is 10.8. The van der Waals surface area contributed by atoms with Crippen LogP contribution in [0.15, 0.2) is 60.9 Å². The molecule has 138 valence electrons. The first-order valence-corrected chi connectivity index (χ1v) is 8.42. The van der Waals surface area contributed by atoms with Gasteiger partial charge in [0.05, 0.1) is 26.1 Å². The number of nitrogens with zero attached hydrogens (tertiary/aromatic N) is 2. The summed E-state index contributed by atoms with van der Waals surface area (Å²) in [6.45, 7) is 1.89. The largest absolute Gasteiger partial charge is 0.493 e. The summed E-state index contributed by atoms with van der Waals surface area (Å²) in [4.78, 5) is 12.3. The maximum Gasteiger partial charge on any atom is 0.248 e. The van der Waals surface area contributed by atoms with Crippen LogP contribution in [-0.2, 0) is 4.79 Å². The van der Waals surface area contributed by atoms with Crippen LogP contribution in [0.4, 0.5) is 5.69 Å². The number of methoxy groups -OCH3 is 2. The first-order chi connectivity index (χ1) is 13.1. The number of nitrogens with one attached hydrogen (secondary N) is 1. The van der Waals surface area contributed by atoms with Crippen LogP contribution in [0.3, 0.4) is 0 Å². The van der Waals surface area contributed by atoms with Crippen molar-refractivity contribution in [3.05, 3.63) is 72.1 Å². The van der Waals surface area contributed by atoms with Crippen LogP contribution in [-0.4, -0.2) is 29.9 Å². The maximum atomic E-state index is 12.3. The standard InChI is InChI=1S/C21H21N3O3/c1-15-11-19(26-2)20(27-3)12-18(15)23-21(25)10-9-16-13-22-24(14-16)17-7-5-4-6-8-17/h4-14H,1-3H3,(H,23,25). The smallest absolute Gasteiger partial charge is 0.248 e. The first kappa shape index (κ1) is 18.3. The van der Waals surface area contributed by atoms with E-state index < -0.39 is 0 Å². The summed E-state index contributed by atoms with van der Waals surface area (Å²) in [5.41, 5.74) is 3.34. The van der Waals surface area contributed by atoms with Crippen LogP contribution in [0, 0.1) is 6.92 Å². The van der Waals surface area contributed by atoms with E-state index in [1.54, 1.807) is 37.2 Å². The van der Waals surface area contributed by atoms with Crippen molar-refractivity contribution in [1.82, 2.24) is 9.78 Å². The summed E-state index contributed by atoms with van der Waals surface area (Å²) in [7, 11) is 3.14. The Bertz CT molecular complexity index is 962. The quantitative estimate of drug-likeness (QED) is 0.676. The number of hydrogen-bond donors (Lipinski definition) is 1. The van der Waals surface area contributed by atoms with Gasteiger partial charge in [-0.05, 0) is 36.8 Å². The van der Waals surface area contributed by atoms with Gasteiger partial charge in [-0.1, -0.05) is 18.2 Å². The highest BCUT2D eigenvalue weighted by Crippen LogP contribution is 2.32. The molecule has 2 aromatic carbocycles. The third-order valence-corrected chi connectivity index (χ3v) is 4.04. The molecular weight excluding hydrogens is 342 g/mol. The second-order valence-electron chi connectivity index (χ2n) is 5.90. The minimum Gasteiger partial charge on any atom is -0.493 e. The molecule has 6 nitrogen and oxygen atoms in total. The zero-order chi connectivity index (χ0) is 19.2. The molecule has 27 heavy (non-hydrogen) atoms. The average molecular weight is 363 g/mol. The minimum atomic E-state index is -0.238. The third kappa shape index (κ3) is 4.36. The number of ether oxygens (including phenoxy) is 2. The summed E-state index contributed by atoms with van der Waals surface area (Å²) >= 11 is 0. The highest BCUT2D eigenvalue weighted by atomic mass is 16.5. The molecule has 0 unspecified atom stereocenters. The molecular formula is C21H21N3O3. The molecule has 0 saturated carbocycles. The molecule has 0 atom stereocenters. The van der Waals surface area contributed by atoms with Crippen molar-refractivity contribution in [3.8, 4) is 17.2 Å². The number of para-hydroxylation sites is 1. The molecule has 1 aromatic heterocycles. The van der Waals surface area contributed by atoms with Gasteiger partial charge in [-0.2, -0.15) is 5.10 Å². The van der Waals surface area contributed by atoms with Crippen LogP contribution in [0.2, 0.25) is 0 Å². The lowest BCUT2D eigenvalue weighted by Crippen LogP contribution is -2.09. The number of carbonyl (C=O) groups is 1. The second kappa shape index (κ2) is 8.23. The highest BCUT2D eigenvalue weighted by molar-refractivity contribution is 6.02. The lowest BCUT2D eigenvalue weighted by Gasteiger charge is -2.12. The molecule has 0 aliphatic rings. The van der Waals surface area contributed by atoms with Crippen LogP contribution in [0.25, 0.3) is 11.8 Å². The molecule has 3 rings (SSSR count). The zero-order valence-corrected chi connectivity index (χ0v) is 15.5. The maximum absolute atomic E-state index is 12.3. The predicted molar refractivity (Wildman–Crippen MR) is 106 cm³/mol. The monoisotopic (exact) mass is 363 g/mol. The Morgan fingerprint density at radius 3 is 2.52 bits per heavy atom. The molecule has 3 aromatic rings. The van der Waals surface area contributed by atoms with E-state index >= 15 is 0 Å². The van der Waals surface area contributed by atoms with E-state index in [2.05, 4.69) is 10.4 Å². The van der Waals surface area contributed by atoms with Crippen molar-refractivity contribution in [2.24, 2.45) is 0 Å². The van der Waals surface area contributed by atoms with E-state index in [0.29, 0.717) is 17.2 Å². The average Bonchev–Trinajstić information content (AvgIpc) is 3.17. The molecule has 0 saturated heterocycles. The second-order valence-corrected chi connectivity index (χ2v) is 5.90. The van der Waals surface area contributed by atoms with Gasteiger partial charge in [-0.3, -0.25) is 4.79 Å². The summed E-state index contributed by atoms with van der Waals surface area (Å²) in [6.07, 6.45) is 6.76. The molecule has 0 bridgehead atoms. The van der Waals surface area contributed by atoms with E-state index in [1.807, 2.05) is 49.5 Å². The molecule has 0 radical (unpaired) electrons. The summed E-state index contributed by atoms with van der Waals surface area (Å²) in [5.74, 6) is 0.946. The molecule has 0 aliphatic heterocycles. The molecule has 0 spiro atoms. The highest BCUT2D eigenvalue weighted by Gasteiger charge is 2.10. The van der Waals surface area contributed by atoms with E-state index in [0.717, 1.165) is 16.8 Å². The predicted octanol–water partition coefficient (Wildman–Crippen LogP) is 3.85. The fourth-order valence-electron chi connectivity index (χ4n) is 2.61. The third-order valence-electron chi connectivity index (χ3n) is 4.04. The topological polar surface area (TPSA) is 65.4 Å². The number of anilines is 1. The Morgan fingerprint density at radius 2 is 1.81 bits per heavy atom. The summed E-state index contributed by atoms with van der Waals surface area (Å²) in [6, 6.07) is 13.3. The van der Waals surface area contributed by atoms with Gasteiger partial charge in [0.1, 0.15) is 0 Å². The number of hydrogen-bond acceptors (Lipinski definition) is 4. The van der Waals surface area contributed by atoms with Gasteiger partial charge in [0, 0.05) is 29.6 Å². The van der Waals surface area contributed by atoms with Crippen molar-refractivity contribution in [2.75, 3.05) is 19.5 Å². The summed E-state index contributed by atoms with van der Waals surface area (Å²) in [5, 5.41) is 7.16. The number of benzene rings is 2. The fraction of sp³-hybridized carbons (Fsp3) is 0.143. The molecule has 0 aliphatic carbocycles. The van der Waals surface area contributed by atoms with Gasteiger partial charge in [0.25, 0.3) is 0 Å². The van der Waals surface area contributed by atoms with Crippen molar-refractivity contribution in [2.45, 2.75) is 6.92 Å². The van der Waals surface area contributed by atoms with E-state index in [9.17, 15) is 4.79 Å². The van der Waals surface area contributed by atoms with Crippen LogP contribution >= 0.6 is 0 Å². The van der Waals surface area contributed by atoms with Gasteiger partial charge >= 0.3 is 0 Å². The van der Waals surface area contributed by atoms with Crippen molar-refractivity contribution in [1.29, 1.82) is 0 Å². The van der Waals surface area contributed by atoms with Gasteiger partial charge in [0.2, 0.25) is 5.91 Å². The van der Waals surface area contributed by atoms with Crippen LogP contribution in [0.5, 0.6) is 11.5 Å². The molecule has 0 fully saturated rings. The van der Waals surface area contributed by atoms with E-state index in [1.165, 1.54) is 6.08 Å². The SMILES string of the molecule is COc1cc(C)c(NC(=O)C=Cc2cnn(-c3ccccc3)c2)cc1OC. The zero-order valence-electron chi connectivity index (χ0n) is 15.5. The lowest BCUT2D eigenvalue weighted by molar-refractivity contribution is -0.111. The number of rotatable bonds is 6. The Kier molecular flexibility index (Phi) is 5.56. The number of amides is 1.